The first-order chi connectivity index (χ1) is 5.24. The third-order valence-electron chi connectivity index (χ3n) is 1.22. The molecule has 0 saturated carbocycles. The van der Waals surface area contributed by atoms with Crippen LogP contribution in [0.5, 0.6) is 0 Å². The van der Waals surface area contributed by atoms with Crippen LogP contribution in [0.3, 0.4) is 0 Å². The number of nitro benzene ring substituents is 1. The van der Waals surface area contributed by atoms with E-state index >= 15 is 0 Å². The molecule has 2 N–H and O–H groups in total. The fourth-order valence-electron chi connectivity index (χ4n) is 0.666. The normalized spacial score (nSPS) is 9.18. The molecule has 0 bridgehead atoms. The van der Waals surface area contributed by atoms with Gasteiger partial charge in [-0.05, 0) is 12.1 Å². The first kappa shape index (κ1) is 7.49. The number of rotatable bonds is 2. The molecule has 0 spiro atoms. The zero-order valence-corrected chi connectivity index (χ0v) is 5.57. The van der Waals surface area contributed by atoms with Crippen molar-refractivity contribution in [3.05, 3.63) is 34.4 Å². The molecule has 1 rings (SSSR count). The standard InChI is InChI=1S/C6H6N3O2/c7-8-5-1-3-6(4-2-5)9(10)11/h1-4,7-8H. The van der Waals surface area contributed by atoms with Gasteiger partial charge in [0.05, 0.1) is 10.6 Å². The molecule has 0 saturated heterocycles. The van der Waals surface area contributed by atoms with Crippen LogP contribution < -0.4 is 11.3 Å². The quantitative estimate of drug-likeness (QED) is 0.510. The van der Waals surface area contributed by atoms with Crippen LogP contribution in [0, 0.1) is 10.1 Å². The predicted molar refractivity (Wildman–Crippen MR) is 39.8 cm³/mol. The highest BCUT2D eigenvalue weighted by molar-refractivity contribution is 5.47. The van der Waals surface area contributed by atoms with Gasteiger partial charge in [0, 0.05) is 12.1 Å². The zero-order chi connectivity index (χ0) is 8.27. The molecular formula is C6H6N3O2. The van der Waals surface area contributed by atoms with Crippen molar-refractivity contribution in [2.75, 3.05) is 5.43 Å². The van der Waals surface area contributed by atoms with Crippen LogP contribution in [0.4, 0.5) is 11.4 Å². The molecule has 5 nitrogen and oxygen atoms in total. The Labute approximate surface area is 62.9 Å². The molecule has 0 fully saturated rings. The molecule has 0 aliphatic heterocycles. The van der Waals surface area contributed by atoms with Crippen molar-refractivity contribution in [2.24, 2.45) is 0 Å². The number of nitrogens with one attached hydrogen (secondary N) is 2. The topological polar surface area (TPSA) is 79.0 Å². The van der Waals surface area contributed by atoms with E-state index in [4.69, 9.17) is 5.84 Å². The molecular weight excluding hydrogens is 146 g/mol. The van der Waals surface area contributed by atoms with Crippen LogP contribution in [-0.4, -0.2) is 4.92 Å². The average molecular weight is 152 g/mol. The van der Waals surface area contributed by atoms with E-state index in [0.717, 1.165) is 0 Å². The van der Waals surface area contributed by atoms with Gasteiger partial charge in [0.25, 0.3) is 5.69 Å². The summed E-state index contributed by atoms with van der Waals surface area (Å²) in [5, 5.41) is 10.1. The lowest BCUT2D eigenvalue weighted by molar-refractivity contribution is -0.384. The van der Waals surface area contributed by atoms with Crippen molar-refractivity contribution in [2.45, 2.75) is 0 Å². The Hall–Kier alpha value is -1.62. The van der Waals surface area contributed by atoms with Crippen molar-refractivity contribution in [1.82, 2.24) is 5.84 Å². The minimum absolute atomic E-state index is 0.0315. The summed E-state index contributed by atoms with van der Waals surface area (Å²) in [5.41, 5.74) is 2.69. The van der Waals surface area contributed by atoms with Gasteiger partial charge in [-0.3, -0.25) is 10.1 Å². The number of hydrogen-bond donors (Lipinski definition) is 1. The smallest absolute Gasteiger partial charge is 0.269 e. The molecule has 0 unspecified atom stereocenters. The van der Waals surface area contributed by atoms with Crippen LogP contribution in [0.15, 0.2) is 24.3 Å². The molecule has 57 valence electrons. The van der Waals surface area contributed by atoms with Gasteiger partial charge >= 0.3 is 0 Å². The second-order valence-corrected chi connectivity index (χ2v) is 1.93. The number of nitrogens with zero attached hydrogens (tertiary/aromatic N) is 1. The van der Waals surface area contributed by atoms with Crippen molar-refractivity contribution >= 4 is 11.4 Å². The second-order valence-electron chi connectivity index (χ2n) is 1.93. The number of anilines is 1. The molecule has 0 amide bonds. The Morgan fingerprint density at radius 2 is 1.91 bits per heavy atom. The van der Waals surface area contributed by atoms with Gasteiger partial charge in [-0.15, -0.1) is 0 Å². The van der Waals surface area contributed by atoms with Gasteiger partial charge in [-0.2, -0.15) is 5.84 Å². The van der Waals surface area contributed by atoms with Crippen LogP contribution in [0.25, 0.3) is 0 Å². The largest absolute Gasteiger partial charge is 0.307 e. The van der Waals surface area contributed by atoms with E-state index in [1.54, 1.807) is 0 Å². The summed E-state index contributed by atoms with van der Waals surface area (Å²) in [6, 6.07) is 5.64. The molecule has 0 heterocycles. The van der Waals surface area contributed by atoms with E-state index in [-0.39, 0.29) is 5.69 Å². The van der Waals surface area contributed by atoms with Gasteiger partial charge < -0.3 is 5.43 Å². The summed E-state index contributed by atoms with van der Waals surface area (Å²) in [5.74, 6) is 6.70. The summed E-state index contributed by atoms with van der Waals surface area (Å²) in [7, 11) is 0. The molecule has 1 aromatic carbocycles. The van der Waals surface area contributed by atoms with Crippen LogP contribution in [-0.2, 0) is 0 Å². The molecule has 0 atom stereocenters. The lowest BCUT2D eigenvalue weighted by Crippen LogP contribution is -1.92. The first-order valence-corrected chi connectivity index (χ1v) is 2.91. The van der Waals surface area contributed by atoms with Gasteiger partial charge in [-0.25, -0.2) is 0 Å². The summed E-state index contributed by atoms with van der Waals surface area (Å²) >= 11 is 0. The zero-order valence-electron chi connectivity index (χ0n) is 5.57. The van der Waals surface area contributed by atoms with Crippen molar-refractivity contribution in [3.8, 4) is 0 Å². The molecule has 0 aromatic heterocycles. The summed E-state index contributed by atoms with van der Waals surface area (Å²) in [6.07, 6.45) is 0. The van der Waals surface area contributed by atoms with E-state index in [0.29, 0.717) is 5.69 Å². The maximum absolute atomic E-state index is 10.1. The number of hydrogen-bond acceptors (Lipinski definition) is 3. The van der Waals surface area contributed by atoms with Crippen molar-refractivity contribution in [3.63, 3.8) is 0 Å². The van der Waals surface area contributed by atoms with Crippen LogP contribution in [0.2, 0.25) is 0 Å². The molecule has 5 heteroatoms. The summed E-state index contributed by atoms with van der Waals surface area (Å²) in [6.45, 7) is 0. The first-order valence-electron chi connectivity index (χ1n) is 2.91. The maximum Gasteiger partial charge on any atom is 0.269 e. The minimum Gasteiger partial charge on any atom is -0.307 e. The summed E-state index contributed by atoms with van der Waals surface area (Å²) in [4.78, 5) is 9.66. The number of nitro groups is 1. The lowest BCUT2D eigenvalue weighted by atomic mass is 10.3. The Morgan fingerprint density at radius 3 is 2.27 bits per heavy atom. The summed E-state index contributed by atoms with van der Waals surface area (Å²) < 4.78 is 0. The Kier molecular flexibility index (Phi) is 2.03. The van der Waals surface area contributed by atoms with E-state index in [9.17, 15) is 10.1 Å². The van der Waals surface area contributed by atoms with Crippen molar-refractivity contribution < 1.29 is 4.92 Å². The van der Waals surface area contributed by atoms with Gasteiger partial charge in [-0.1, -0.05) is 0 Å². The molecule has 0 aliphatic rings. The Morgan fingerprint density at radius 1 is 1.36 bits per heavy atom. The number of benzene rings is 1. The predicted octanol–water partition coefficient (Wildman–Crippen LogP) is 1.20. The molecule has 0 aliphatic carbocycles. The molecule has 11 heavy (non-hydrogen) atoms. The maximum atomic E-state index is 10.1. The minimum atomic E-state index is -0.478. The monoisotopic (exact) mass is 152 g/mol. The molecule has 1 aromatic rings. The van der Waals surface area contributed by atoms with Crippen LogP contribution in [0.1, 0.15) is 0 Å². The SMILES string of the molecule is [NH]Nc1ccc([N+](=O)[O-])cc1. The third kappa shape index (κ3) is 1.65. The highest BCUT2D eigenvalue weighted by Crippen LogP contribution is 2.13. The molecule has 1 radical (unpaired) electrons. The van der Waals surface area contributed by atoms with E-state index in [2.05, 4.69) is 5.43 Å². The van der Waals surface area contributed by atoms with E-state index < -0.39 is 4.92 Å². The average Bonchev–Trinajstić information content (AvgIpc) is 2.05. The highest BCUT2D eigenvalue weighted by Gasteiger charge is 2.01. The van der Waals surface area contributed by atoms with E-state index in [1.807, 2.05) is 0 Å². The Balaban J connectivity index is 2.91. The van der Waals surface area contributed by atoms with E-state index in [1.165, 1.54) is 24.3 Å². The van der Waals surface area contributed by atoms with Gasteiger partial charge in [0.1, 0.15) is 0 Å². The third-order valence-corrected chi connectivity index (χ3v) is 1.22. The Bertz CT molecular complexity index is 257. The van der Waals surface area contributed by atoms with Gasteiger partial charge in [0.2, 0.25) is 0 Å². The fourth-order valence-corrected chi connectivity index (χ4v) is 0.666. The number of non-ortho nitro benzene ring substituents is 1. The fraction of sp³-hybridized carbons (Fsp3) is 0. The lowest BCUT2D eigenvalue weighted by Gasteiger charge is -1.95. The van der Waals surface area contributed by atoms with Crippen LogP contribution >= 0.6 is 0 Å². The van der Waals surface area contributed by atoms with Crippen molar-refractivity contribution in [1.29, 1.82) is 0 Å². The second kappa shape index (κ2) is 2.98. The highest BCUT2D eigenvalue weighted by atomic mass is 16.6. The van der Waals surface area contributed by atoms with Gasteiger partial charge in [0.15, 0.2) is 0 Å².